The smallest absolute Gasteiger partial charge is 0.422 e. The number of hydrogen-bond donors (Lipinski definition) is 3. The maximum atomic E-state index is 9.15. The van der Waals surface area contributed by atoms with E-state index in [4.69, 9.17) is 20.4 Å². The van der Waals surface area contributed by atoms with Gasteiger partial charge < -0.3 is 19.6 Å². The van der Waals surface area contributed by atoms with Crippen LogP contribution in [0.25, 0.3) is 5.57 Å². The molecule has 7 nitrogen and oxygen atoms in total. The van der Waals surface area contributed by atoms with Crippen molar-refractivity contribution in [1.82, 2.24) is 15.1 Å². The van der Waals surface area contributed by atoms with Gasteiger partial charge in [-0.25, -0.2) is 5.84 Å². The number of nitrogens with zero attached hydrogens (tertiary/aromatic N) is 3. The first-order valence-electron chi connectivity index (χ1n) is 4.98. The number of aryl methyl sites for hydroxylation is 1. The van der Waals surface area contributed by atoms with Gasteiger partial charge in [0, 0.05) is 19.5 Å². The number of allylic oxidation sites excluding steroid dienone is 3. The normalized spacial score (nSPS) is 12.8. The van der Waals surface area contributed by atoms with Crippen molar-refractivity contribution in [1.29, 1.82) is 0 Å². The molecule has 0 bridgehead atoms. The van der Waals surface area contributed by atoms with Gasteiger partial charge >= 0.3 is 7.12 Å². The summed E-state index contributed by atoms with van der Waals surface area (Å²) in [5, 5.41) is 23.2. The summed E-state index contributed by atoms with van der Waals surface area (Å²) in [5.74, 6) is 6.27. The summed E-state index contributed by atoms with van der Waals surface area (Å²) in [6.07, 6.45) is 3.20. The summed E-state index contributed by atoms with van der Waals surface area (Å²) >= 11 is 0. The Morgan fingerprint density at radius 2 is 2.18 bits per heavy atom. The molecule has 0 unspecified atom stereocenters. The van der Waals surface area contributed by atoms with Gasteiger partial charge in [0.25, 0.3) is 0 Å². The molecule has 0 spiro atoms. The molecule has 0 atom stereocenters. The molecule has 1 heterocycles. The molecule has 0 radical (unpaired) electrons. The summed E-state index contributed by atoms with van der Waals surface area (Å²) in [5.41, 5.74) is 0.711. The molecule has 8 heteroatoms. The minimum atomic E-state index is -1.67. The summed E-state index contributed by atoms with van der Waals surface area (Å²) in [6, 6.07) is 0. The molecule has 0 aliphatic heterocycles. The first-order valence-corrected chi connectivity index (χ1v) is 4.98. The lowest BCUT2D eigenvalue weighted by molar-refractivity contribution is 0.372. The van der Waals surface area contributed by atoms with Crippen LogP contribution >= 0.6 is 0 Å². The number of rotatable bonds is 4. The zero-order chi connectivity index (χ0) is 13.0. The minimum Gasteiger partial charge on any atom is -0.422 e. The Kier molecular flexibility index (Phi) is 4.44. The molecule has 0 saturated carbocycles. The Labute approximate surface area is 99.3 Å². The van der Waals surface area contributed by atoms with E-state index >= 15 is 0 Å². The Hall–Kier alpha value is -1.64. The van der Waals surface area contributed by atoms with Crippen LogP contribution in [-0.2, 0) is 0 Å². The van der Waals surface area contributed by atoms with E-state index in [-0.39, 0.29) is 5.60 Å². The molecular weight excluding hydrogens is 223 g/mol. The average Bonchev–Trinajstić information content (AvgIpc) is 2.65. The SMILES string of the molecule is CC=C(C=C(B(O)O)N(C)N)c1noc(C)n1. The minimum absolute atomic E-state index is 0.126. The molecule has 0 aromatic carbocycles. The largest absolute Gasteiger partial charge is 0.507 e. The van der Waals surface area contributed by atoms with Gasteiger partial charge in [-0.1, -0.05) is 11.2 Å². The van der Waals surface area contributed by atoms with Crippen LogP contribution < -0.4 is 5.84 Å². The summed E-state index contributed by atoms with van der Waals surface area (Å²) in [4.78, 5) is 4.04. The van der Waals surface area contributed by atoms with E-state index in [1.807, 2.05) is 0 Å². The van der Waals surface area contributed by atoms with Crippen molar-refractivity contribution >= 4 is 12.7 Å². The van der Waals surface area contributed by atoms with Gasteiger partial charge in [-0.05, 0) is 13.0 Å². The first-order chi connectivity index (χ1) is 7.95. The lowest BCUT2D eigenvalue weighted by Gasteiger charge is -2.15. The van der Waals surface area contributed by atoms with Crippen LogP contribution in [0.3, 0.4) is 0 Å². The van der Waals surface area contributed by atoms with E-state index in [1.165, 1.54) is 13.1 Å². The second-order valence-corrected chi connectivity index (χ2v) is 3.43. The Bertz CT molecular complexity index is 429. The highest BCUT2D eigenvalue weighted by Crippen LogP contribution is 2.15. The van der Waals surface area contributed by atoms with E-state index in [9.17, 15) is 0 Å². The summed E-state index contributed by atoms with van der Waals surface area (Å²) in [7, 11) is -0.173. The van der Waals surface area contributed by atoms with Gasteiger partial charge in [-0.15, -0.1) is 0 Å². The topological polar surface area (TPSA) is 109 Å². The van der Waals surface area contributed by atoms with Gasteiger partial charge in [0.2, 0.25) is 11.7 Å². The molecule has 1 aromatic heterocycles. The highest BCUT2D eigenvalue weighted by molar-refractivity contribution is 6.50. The Morgan fingerprint density at radius 3 is 2.53 bits per heavy atom. The molecule has 0 amide bonds. The zero-order valence-corrected chi connectivity index (χ0v) is 9.95. The molecule has 4 N–H and O–H groups in total. The fraction of sp³-hybridized carbons (Fsp3) is 0.333. The van der Waals surface area contributed by atoms with Gasteiger partial charge in [0.15, 0.2) is 0 Å². The van der Waals surface area contributed by atoms with Crippen molar-refractivity contribution < 1.29 is 14.6 Å². The van der Waals surface area contributed by atoms with Gasteiger partial charge in [0.1, 0.15) is 0 Å². The fourth-order valence-corrected chi connectivity index (χ4v) is 1.21. The maximum absolute atomic E-state index is 9.15. The molecular formula is C9H15BN4O3. The van der Waals surface area contributed by atoms with E-state index in [1.54, 1.807) is 19.9 Å². The van der Waals surface area contributed by atoms with Crippen LogP contribution in [0.1, 0.15) is 18.6 Å². The molecule has 92 valence electrons. The Balaban J connectivity index is 3.08. The summed E-state index contributed by atoms with van der Waals surface area (Å²) < 4.78 is 4.85. The lowest BCUT2D eigenvalue weighted by Crippen LogP contribution is -2.35. The quantitative estimate of drug-likeness (QED) is 0.280. The number of hydrazine groups is 1. The highest BCUT2D eigenvalue weighted by atomic mass is 16.5. The molecule has 17 heavy (non-hydrogen) atoms. The Morgan fingerprint density at radius 1 is 1.53 bits per heavy atom. The van der Waals surface area contributed by atoms with Crippen molar-refractivity contribution in [2.24, 2.45) is 5.84 Å². The molecule has 1 aromatic rings. The van der Waals surface area contributed by atoms with Crippen molar-refractivity contribution in [3.63, 3.8) is 0 Å². The predicted molar refractivity (Wildman–Crippen MR) is 62.9 cm³/mol. The van der Waals surface area contributed by atoms with E-state index < -0.39 is 7.12 Å². The summed E-state index contributed by atoms with van der Waals surface area (Å²) in [6.45, 7) is 3.44. The van der Waals surface area contributed by atoms with Crippen LogP contribution in [0, 0.1) is 6.92 Å². The zero-order valence-electron chi connectivity index (χ0n) is 9.95. The van der Waals surface area contributed by atoms with Crippen LogP contribution in [0.2, 0.25) is 0 Å². The fourth-order valence-electron chi connectivity index (χ4n) is 1.21. The molecule has 1 rings (SSSR count). The average molecular weight is 238 g/mol. The molecule has 0 saturated heterocycles. The second kappa shape index (κ2) is 5.62. The first kappa shape index (κ1) is 13.4. The van der Waals surface area contributed by atoms with Crippen molar-refractivity contribution in [3.05, 3.63) is 29.5 Å². The van der Waals surface area contributed by atoms with Crippen LogP contribution in [0.4, 0.5) is 0 Å². The monoisotopic (exact) mass is 238 g/mol. The molecule has 0 aliphatic carbocycles. The molecule has 0 fully saturated rings. The molecule has 0 aliphatic rings. The van der Waals surface area contributed by atoms with Crippen molar-refractivity contribution in [3.8, 4) is 0 Å². The number of hydrogen-bond acceptors (Lipinski definition) is 7. The number of aromatic nitrogens is 2. The van der Waals surface area contributed by atoms with Crippen LogP contribution in [0.15, 0.2) is 22.3 Å². The van der Waals surface area contributed by atoms with Gasteiger partial charge in [-0.2, -0.15) is 4.98 Å². The third-order valence-corrected chi connectivity index (χ3v) is 2.07. The predicted octanol–water partition coefficient (Wildman–Crippen LogP) is -0.517. The van der Waals surface area contributed by atoms with E-state index in [0.29, 0.717) is 17.3 Å². The third kappa shape index (κ3) is 3.41. The maximum Gasteiger partial charge on any atom is 0.507 e. The van der Waals surface area contributed by atoms with Crippen molar-refractivity contribution in [2.45, 2.75) is 13.8 Å². The second-order valence-electron chi connectivity index (χ2n) is 3.43. The standard InChI is InChI=1S/C9H15BN4O3/c1-4-7(9-12-6(2)17-13-9)5-8(10(15)16)14(3)11/h4-5,15-16H,11H2,1-3H3. The van der Waals surface area contributed by atoms with Gasteiger partial charge in [0.05, 0.1) is 5.60 Å². The van der Waals surface area contributed by atoms with Crippen LogP contribution in [0.5, 0.6) is 0 Å². The highest BCUT2D eigenvalue weighted by Gasteiger charge is 2.19. The van der Waals surface area contributed by atoms with E-state index in [2.05, 4.69) is 10.1 Å². The number of nitrogens with two attached hydrogens (primary N) is 1. The lowest BCUT2D eigenvalue weighted by atomic mass is 9.84. The van der Waals surface area contributed by atoms with Crippen LogP contribution in [-0.4, -0.2) is 39.4 Å². The third-order valence-electron chi connectivity index (χ3n) is 2.07. The van der Waals surface area contributed by atoms with E-state index in [0.717, 1.165) is 5.01 Å². The van der Waals surface area contributed by atoms with Crippen molar-refractivity contribution in [2.75, 3.05) is 7.05 Å². The van der Waals surface area contributed by atoms with Gasteiger partial charge in [-0.3, -0.25) is 0 Å².